The van der Waals surface area contributed by atoms with Gasteiger partial charge in [-0.15, -0.1) is 0 Å². The Labute approximate surface area is 108 Å². The van der Waals surface area contributed by atoms with Gasteiger partial charge in [0.05, 0.1) is 5.92 Å². The summed E-state index contributed by atoms with van der Waals surface area (Å²) < 4.78 is 0. The van der Waals surface area contributed by atoms with Gasteiger partial charge >= 0.3 is 5.97 Å². The van der Waals surface area contributed by atoms with E-state index in [1.165, 1.54) is 6.42 Å². The topological polar surface area (TPSA) is 57.6 Å². The number of hydrogen-bond acceptors (Lipinski definition) is 2. The summed E-state index contributed by atoms with van der Waals surface area (Å²) in [5.74, 6) is 0.223. The molecule has 1 N–H and O–H groups in total. The van der Waals surface area contributed by atoms with Gasteiger partial charge in [0, 0.05) is 20.0 Å². The van der Waals surface area contributed by atoms with Gasteiger partial charge in [0.2, 0.25) is 5.91 Å². The summed E-state index contributed by atoms with van der Waals surface area (Å²) in [4.78, 5) is 24.5. The van der Waals surface area contributed by atoms with Crippen LogP contribution in [-0.2, 0) is 9.59 Å². The molecule has 4 heteroatoms. The largest absolute Gasteiger partial charge is 0.481 e. The van der Waals surface area contributed by atoms with E-state index in [0.717, 1.165) is 45.2 Å². The second-order valence-electron chi connectivity index (χ2n) is 5.74. The van der Waals surface area contributed by atoms with Crippen LogP contribution in [0, 0.1) is 17.8 Å². The maximum Gasteiger partial charge on any atom is 0.306 e. The molecular formula is C14H23NO3. The summed E-state index contributed by atoms with van der Waals surface area (Å²) in [5, 5.41) is 9.31. The predicted octanol–water partition coefficient (Wildman–Crippen LogP) is 2.14. The summed E-state index contributed by atoms with van der Waals surface area (Å²) in [6, 6.07) is 0. The third kappa shape index (κ3) is 2.85. The number of carboxylic acid groups (broad SMARTS) is 1. The van der Waals surface area contributed by atoms with E-state index >= 15 is 0 Å². The molecule has 1 saturated heterocycles. The van der Waals surface area contributed by atoms with Gasteiger partial charge < -0.3 is 10.0 Å². The van der Waals surface area contributed by atoms with Crippen molar-refractivity contribution in [1.29, 1.82) is 0 Å². The number of likely N-dealkylation sites (tertiary alicyclic amines) is 1. The molecule has 1 saturated carbocycles. The number of nitrogens with zero attached hydrogens (tertiary/aromatic N) is 1. The first-order chi connectivity index (χ1) is 8.59. The highest BCUT2D eigenvalue weighted by atomic mass is 16.4. The molecule has 0 spiro atoms. The normalized spacial score (nSPS) is 30.2. The van der Waals surface area contributed by atoms with E-state index in [4.69, 9.17) is 0 Å². The maximum absolute atomic E-state index is 11.3. The van der Waals surface area contributed by atoms with E-state index in [9.17, 15) is 14.7 Å². The van der Waals surface area contributed by atoms with Crippen LogP contribution in [0.1, 0.15) is 45.4 Å². The minimum atomic E-state index is -0.617. The molecule has 2 fully saturated rings. The van der Waals surface area contributed by atoms with E-state index in [2.05, 4.69) is 0 Å². The van der Waals surface area contributed by atoms with Crippen LogP contribution in [-0.4, -0.2) is 35.0 Å². The number of hydrogen-bond donors (Lipinski definition) is 1. The highest BCUT2D eigenvalue weighted by Gasteiger charge is 2.37. The maximum atomic E-state index is 11.3. The van der Waals surface area contributed by atoms with Crippen LogP contribution in [0.4, 0.5) is 0 Å². The van der Waals surface area contributed by atoms with Gasteiger partial charge in [-0.3, -0.25) is 9.59 Å². The van der Waals surface area contributed by atoms with Crippen molar-refractivity contribution < 1.29 is 14.7 Å². The molecule has 0 radical (unpaired) electrons. The van der Waals surface area contributed by atoms with Crippen molar-refractivity contribution in [2.45, 2.75) is 45.4 Å². The SMILES string of the molecule is CC(=O)N1CCC(C2CCCCC2C(=O)O)CC1. The zero-order valence-electron chi connectivity index (χ0n) is 11.1. The second kappa shape index (κ2) is 5.72. The lowest BCUT2D eigenvalue weighted by atomic mass is 9.69. The zero-order valence-corrected chi connectivity index (χ0v) is 11.1. The molecule has 2 rings (SSSR count). The predicted molar refractivity (Wildman–Crippen MR) is 68.1 cm³/mol. The van der Waals surface area contributed by atoms with Crippen LogP contribution < -0.4 is 0 Å². The minimum absolute atomic E-state index is 0.145. The molecule has 1 aliphatic heterocycles. The van der Waals surface area contributed by atoms with Gasteiger partial charge in [-0.25, -0.2) is 0 Å². The average molecular weight is 253 g/mol. The van der Waals surface area contributed by atoms with Crippen molar-refractivity contribution in [1.82, 2.24) is 4.90 Å². The van der Waals surface area contributed by atoms with Gasteiger partial charge in [-0.2, -0.15) is 0 Å². The Morgan fingerprint density at radius 2 is 1.67 bits per heavy atom. The van der Waals surface area contributed by atoms with E-state index in [0.29, 0.717) is 11.8 Å². The lowest BCUT2D eigenvalue weighted by Gasteiger charge is -2.40. The first-order valence-electron chi connectivity index (χ1n) is 7.08. The molecule has 102 valence electrons. The van der Waals surface area contributed by atoms with Crippen molar-refractivity contribution in [3.63, 3.8) is 0 Å². The van der Waals surface area contributed by atoms with E-state index in [1.807, 2.05) is 4.90 Å². The highest BCUT2D eigenvalue weighted by molar-refractivity contribution is 5.73. The van der Waals surface area contributed by atoms with Gasteiger partial charge in [0.25, 0.3) is 0 Å². The molecule has 0 bridgehead atoms. The molecule has 2 atom stereocenters. The average Bonchev–Trinajstić information content (AvgIpc) is 2.39. The Morgan fingerprint density at radius 1 is 1.06 bits per heavy atom. The molecule has 1 amide bonds. The van der Waals surface area contributed by atoms with Gasteiger partial charge in [-0.05, 0) is 37.5 Å². The van der Waals surface area contributed by atoms with Gasteiger partial charge in [-0.1, -0.05) is 12.8 Å². The third-order valence-electron chi connectivity index (χ3n) is 4.73. The second-order valence-corrected chi connectivity index (χ2v) is 5.74. The van der Waals surface area contributed by atoms with Crippen molar-refractivity contribution in [3.8, 4) is 0 Å². The first-order valence-corrected chi connectivity index (χ1v) is 7.08. The lowest BCUT2D eigenvalue weighted by Crippen LogP contribution is -2.42. The van der Waals surface area contributed by atoms with Gasteiger partial charge in [0.1, 0.15) is 0 Å². The molecule has 1 aliphatic carbocycles. The molecule has 0 aromatic heterocycles. The Balaban J connectivity index is 1.94. The molecule has 1 heterocycles. The number of carbonyl (C=O) groups excluding carboxylic acids is 1. The first kappa shape index (κ1) is 13.4. The summed E-state index contributed by atoms with van der Waals surface area (Å²) in [6.45, 7) is 3.23. The number of carbonyl (C=O) groups is 2. The molecule has 2 aliphatic rings. The molecule has 4 nitrogen and oxygen atoms in total. The number of amides is 1. The van der Waals surface area contributed by atoms with Crippen molar-refractivity contribution in [2.75, 3.05) is 13.1 Å². The van der Waals surface area contributed by atoms with Crippen molar-refractivity contribution >= 4 is 11.9 Å². The number of aliphatic carboxylic acids is 1. The van der Waals surface area contributed by atoms with Gasteiger partial charge in [0.15, 0.2) is 0 Å². The van der Waals surface area contributed by atoms with E-state index in [-0.39, 0.29) is 11.8 Å². The Morgan fingerprint density at radius 3 is 2.22 bits per heavy atom. The Hall–Kier alpha value is -1.06. The third-order valence-corrected chi connectivity index (χ3v) is 4.73. The van der Waals surface area contributed by atoms with Crippen molar-refractivity contribution in [2.24, 2.45) is 17.8 Å². The summed E-state index contributed by atoms with van der Waals surface area (Å²) in [6.07, 6.45) is 6.08. The summed E-state index contributed by atoms with van der Waals surface area (Å²) in [5.41, 5.74) is 0. The molecule has 0 aromatic carbocycles. The van der Waals surface area contributed by atoms with Crippen LogP contribution in [0.5, 0.6) is 0 Å². The van der Waals surface area contributed by atoms with Crippen LogP contribution in [0.15, 0.2) is 0 Å². The molecule has 0 aromatic rings. The summed E-state index contributed by atoms with van der Waals surface area (Å²) in [7, 11) is 0. The smallest absolute Gasteiger partial charge is 0.306 e. The molecule has 2 unspecified atom stereocenters. The summed E-state index contributed by atoms with van der Waals surface area (Å²) >= 11 is 0. The lowest BCUT2D eigenvalue weighted by molar-refractivity contribution is -0.147. The van der Waals surface area contributed by atoms with E-state index < -0.39 is 5.97 Å². The number of piperidine rings is 1. The molecule has 18 heavy (non-hydrogen) atoms. The number of rotatable bonds is 2. The van der Waals surface area contributed by atoms with E-state index in [1.54, 1.807) is 6.92 Å². The Bertz CT molecular complexity index is 321. The van der Waals surface area contributed by atoms with Crippen molar-refractivity contribution in [3.05, 3.63) is 0 Å². The highest BCUT2D eigenvalue weighted by Crippen LogP contribution is 2.39. The van der Waals surface area contributed by atoms with Crippen LogP contribution in [0.3, 0.4) is 0 Å². The fourth-order valence-electron chi connectivity index (χ4n) is 3.67. The van der Waals surface area contributed by atoms with Crippen LogP contribution in [0.25, 0.3) is 0 Å². The standard InChI is InChI=1S/C14H23NO3/c1-10(16)15-8-6-11(7-9-15)12-4-2-3-5-13(12)14(17)18/h11-13H,2-9H2,1H3,(H,17,18). The zero-order chi connectivity index (χ0) is 13.1. The van der Waals surface area contributed by atoms with Crippen LogP contribution >= 0.6 is 0 Å². The quantitative estimate of drug-likeness (QED) is 0.820. The minimum Gasteiger partial charge on any atom is -0.481 e. The van der Waals surface area contributed by atoms with Crippen LogP contribution in [0.2, 0.25) is 0 Å². The Kier molecular flexibility index (Phi) is 4.25. The fourth-order valence-corrected chi connectivity index (χ4v) is 3.67. The monoisotopic (exact) mass is 253 g/mol. The number of carboxylic acids is 1. The fraction of sp³-hybridized carbons (Fsp3) is 0.857. The molecular weight excluding hydrogens is 230 g/mol.